The van der Waals surface area contributed by atoms with E-state index in [1.807, 2.05) is 0 Å². The number of hydrogen-bond donors (Lipinski definition) is 2. The maximum absolute atomic E-state index is 11.9. The highest BCUT2D eigenvalue weighted by atomic mass is 16.3. The van der Waals surface area contributed by atoms with Gasteiger partial charge in [-0.15, -0.1) is 0 Å². The van der Waals surface area contributed by atoms with Gasteiger partial charge in [-0.2, -0.15) is 10.2 Å². The number of aromatic amines is 1. The number of carbonyl (C=O) groups is 1. The van der Waals surface area contributed by atoms with E-state index in [0.29, 0.717) is 11.5 Å². The first-order valence-electron chi connectivity index (χ1n) is 6.15. The highest BCUT2D eigenvalue weighted by molar-refractivity contribution is 5.93. The molecule has 0 unspecified atom stereocenters. The molecule has 104 valence electrons. The van der Waals surface area contributed by atoms with Gasteiger partial charge in [-0.1, -0.05) is 0 Å². The Bertz CT molecular complexity index is 747. The topological polar surface area (TPSA) is 96.2 Å². The molecule has 0 saturated heterocycles. The van der Waals surface area contributed by atoms with Gasteiger partial charge in [0.2, 0.25) is 0 Å². The lowest BCUT2D eigenvalue weighted by Crippen LogP contribution is -2.17. The molecule has 7 nitrogen and oxygen atoms in total. The van der Waals surface area contributed by atoms with Crippen LogP contribution in [-0.2, 0) is 0 Å². The monoisotopic (exact) mass is 281 g/mol. The lowest BCUT2D eigenvalue weighted by atomic mass is 10.3. The van der Waals surface area contributed by atoms with Gasteiger partial charge >= 0.3 is 0 Å². The van der Waals surface area contributed by atoms with Crippen LogP contribution in [0.5, 0.6) is 0 Å². The molecule has 1 amide bonds. The third-order valence-corrected chi connectivity index (χ3v) is 2.68. The number of aromatic nitrogens is 3. The number of amides is 1. The van der Waals surface area contributed by atoms with E-state index >= 15 is 0 Å². The Hall–Kier alpha value is -3.22. The van der Waals surface area contributed by atoms with Gasteiger partial charge in [0.05, 0.1) is 12.5 Å². The van der Waals surface area contributed by atoms with E-state index < -0.39 is 5.91 Å². The van der Waals surface area contributed by atoms with Crippen LogP contribution in [0.1, 0.15) is 16.1 Å². The number of nitrogens with zero attached hydrogens (tertiary/aromatic N) is 3. The van der Waals surface area contributed by atoms with E-state index in [4.69, 9.17) is 4.42 Å². The molecule has 7 heteroatoms. The fourth-order valence-electron chi connectivity index (χ4n) is 1.67. The van der Waals surface area contributed by atoms with Crippen molar-refractivity contribution in [2.24, 2.45) is 5.10 Å². The van der Waals surface area contributed by atoms with Crippen LogP contribution in [-0.4, -0.2) is 27.3 Å². The Labute approximate surface area is 119 Å². The lowest BCUT2D eigenvalue weighted by Gasteiger charge is -1.94. The van der Waals surface area contributed by atoms with Gasteiger partial charge in [0.15, 0.2) is 11.5 Å². The Morgan fingerprint density at radius 3 is 2.95 bits per heavy atom. The molecule has 0 spiro atoms. The molecule has 3 aromatic heterocycles. The minimum atomic E-state index is -0.408. The van der Waals surface area contributed by atoms with Crippen molar-refractivity contribution in [2.75, 3.05) is 0 Å². The summed E-state index contributed by atoms with van der Waals surface area (Å²) in [7, 11) is 0. The van der Waals surface area contributed by atoms with Crippen LogP contribution >= 0.6 is 0 Å². The van der Waals surface area contributed by atoms with Crippen molar-refractivity contribution in [3.8, 4) is 11.5 Å². The number of pyridine rings is 1. The molecule has 0 saturated carbocycles. The predicted molar refractivity (Wildman–Crippen MR) is 75.6 cm³/mol. The van der Waals surface area contributed by atoms with Crippen LogP contribution in [0.2, 0.25) is 0 Å². The summed E-state index contributed by atoms with van der Waals surface area (Å²) in [5.41, 5.74) is 4.10. The second-order valence-corrected chi connectivity index (χ2v) is 4.12. The average Bonchev–Trinajstić information content (AvgIpc) is 3.19. The van der Waals surface area contributed by atoms with E-state index in [1.54, 1.807) is 49.0 Å². The zero-order valence-electron chi connectivity index (χ0n) is 10.9. The highest BCUT2D eigenvalue weighted by Gasteiger charge is 2.11. The summed E-state index contributed by atoms with van der Waals surface area (Å²) < 4.78 is 5.21. The van der Waals surface area contributed by atoms with E-state index in [1.165, 1.54) is 6.21 Å². The Balaban J connectivity index is 1.65. The van der Waals surface area contributed by atoms with Crippen LogP contribution < -0.4 is 5.43 Å². The Morgan fingerprint density at radius 1 is 1.33 bits per heavy atom. The molecule has 0 fully saturated rings. The van der Waals surface area contributed by atoms with Gasteiger partial charge in [0.25, 0.3) is 5.91 Å². The summed E-state index contributed by atoms with van der Waals surface area (Å²) in [4.78, 5) is 15.8. The van der Waals surface area contributed by atoms with Gasteiger partial charge in [-0.3, -0.25) is 14.9 Å². The van der Waals surface area contributed by atoms with Gasteiger partial charge in [0.1, 0.15) is 5.69 Å². The van der Waals surface area contributed by atoms with Gasteiger partial charge in [-0.05, 0) is 29.8 Å². The molecule has 3 rings (SSSR count). The SMILES string of the molecule is O=C(NN=Cc1ccncc1)c1cc(-c2ccco2)[nH]n1. The van der Waals surface area contributed by atoms with Crippen LogP contribution in [0.4, 0.5) is 0 Å². The van der Waals surface area contributed by atoms with Crippen molar-refractivity contribution in [1.82, 2.24) is 20.6 Å². The summed E-state index contributed by atoms with van der Waals surface area (Å²) in [5, 5.41) is 10.5. The van der Waals surface area contributed by atoms with Crippen molar-refractivity contribution in [3.63, 3.8) is 0 Å². The molecular formula is C14H11N5O2. The fourth-order valence-corrected chi connectivity index (χ4v) is 1.67. The second-order valence-electron chi connectivity index (χ2n) is 4.12. The van der Waals surface area contributed by atoms with Gasteiger partial charge in [-0.25, -0.2) is 5.43 Å². The molecule has 0 aliphatic heterocycles. The maximum atomic E-state index is 11.9. The van der Waals surface area contributed by atoms with Crippen molar-refractivity contribution in [3.05, 3.63) is 60.2 Å². The van der Waals surface area contributed by atoms with Crippen LogP contribution in [0.15, 0.2) is 58.5 Å². The smallest absolute Gasteiger partial charge is 0.291 e. The minimum absolute atomic E-state index is 0.230. The van der Waals surface area contributed by atoms with Crippen LogP contribution in [0.25, 0.3) is 11.5 Å². The van der Waals surface area contributed by atoms with E-state index in [9.17, 15) is 4.79 Å². The third kappa shape index (κ3) is 3.03. The third-order valence-electron chi connectivity index (χ3n) is 2.68. The molecule has 0 aromatic carbocycles. The summed E-state index contributed by atoms with van der Waals surface area (Å²) in [6, 6.07) is 8.68. The molecule has 2 N–H and O–H groups in total. The van der Waals surface area contributed by atoms with E-state index in [0.717, 1.165) is 5.56 Å². The molecule has 0 aliphatic rings. The van der Waals surface area contributed by atoms with Crippen molar-refractivity contribution in [1.29, 1.82) is 0 Å². The van der Waals surface area contributed by atoms with Crippen molar-refractivity contribution >= 4 is 12.1 Å². The molecule has 0 radical (unpaired) electrons. The number of nitrogens with one attached hydrogen (secondary N) is 2. The molecule has 3 heterocycles. The molecule has 0 bridgehead atoms. The largest absolute Gasteiger partial charge is 0.463 e. The number of rotatable bonds is 4. The second kappa shape index (κ2) is 5.83. The number of hydrazone groups is 1. The molecule has 21 heavy (non-hydrogen) atoms. The maximum Gasteiger partial charge on any atom is 0.291 e. The molecular weight excluding hydrogens is 270 g/mol. The van der Waals surface area contributed by atoms with Crippen molar-refractivity contribution in [2.45, 2.75) is 0 Å². The van der Waals surface area contributed by atoms with Gasteiger partial charge in [0, 0.05) is 18.5 Å². The normalized spacial score (nSPS) is 10.9. The summed E-state index contributed by atoms with van der Waals surface area (Å²) in [5.74, 6) is 0.205. The fraction of sp³-hybridized carbons (Fsp3) is 0. The molecule has 0 atom stereocenters. The zero-order chi connectivity index (χ0) is 14.5. The van der Waals surface area contributed by atoms with E-state index in [2.05, 4.69) is 25.7 Å². The number of H-pyrrole nitrogens is 1. The first-order chi connectivity index (χ1) is 10.3. The quantitative estimate of drug-likeness (QED) is 0.563. The van der Waals surface area contributed by atoms with Gasteiger partial charge < -0.3 is 4.42 Å². The lowest BCUT2D eigenvalue weighted by molar-refractivity contribution is 0.0950. The number of furan rings is 1. The number of carbonyl (C=O) groups excluding carboxylic acids is 1. The van der Waals surface area contributed by atoms with E-state index in [-0.39, 0.29) is 5.69 Å². The van der Waals surface area contributed by atoms with Crippen LogP contribution in [0.3, 0.4) is 0 Å². The Morgan fingerprint density at radius 2 is 2.19 bits per heavy atom. The zero-order valence-corrected chi connectivity index (χ0v) is 10.9. The summed E-state index contributed by atoms with van der Waals surface area (Å²) in [6.07, 6.45) is 6.37. The summed E-state index contributed by atoms with van der Waals surface area (Å²) >= 11 is 0. The predicted octanol–water partition coefficient (Wildman–Crippen LogP) is 1.83. The standard InChI is InChI=1S/C14H11N5O2/c20-14(19-16-9-10-3-5-15-6-4-10)12-8-11(17-18-12)13-2-1-7-21-13/h1-9H,(H,17,18)(H,19,20). The molecule has 0 aliphatic carbocycles. The Kier molecular flexibility index (Phi) is 3.55. The first kappa shape index (κ1) is 12.8. The molecule has 3 aromatic rings. The highest BCUT2D eigenvalue weighted by Crippen LogP contribution is 2.17. The van der Waals surface area contributed by atoms with Crippen LogP contribution in [0, 0.1) is 0 Å². The average molecular weight is 281 g/mol. The minimum Gasteiger partial charge on any atom is -0.463 e. The number of hydrogen-bond acceptors (Lipinski definition) is 5. The van der Waals surface area contributed by atoms with Crippen molar-refractivity contribution < 1.29 is 9.21 Å². The summed E-state index contributed by atoms with van der Waals surface area (Å²) in [6.45, 7) is 0. The first-order valence-corrected chi connectivity index (χ1v) is 6.15.